The van der Waals surface area contributed by atoms with Crippen LogP contribution >= 0.6 is 0 Å². The van der Waals surface area contributed by atoms with Crippen LogP contribution in [0.3, 0.4) is 0 Å². The monoisotopic (exact) mass is 114 g/mol. The van der Waals surface area contributed by atoms with E-state index in [1.807, 2.05) is 0 Å². The highest BCUT2D eigenvalue weighted by Crippen LogP contribution is 2.32. The largest absolute Gasteiger partial charge is 0.0625 e. The molecule has 1 fully saturated rings. The van der Waals surface area contributed by atoms with E-state index in [9.17, 15) is 0 Å². The minimum atomic E-state index is 1.08. The molecule has 0 N–H and O–H groups in total. The highest BCUT2D eigenvalue weighted by atomic mass is 28.1. The third-order valence-electron chi connectivity index (χ3n) is 2.29. The number of hydrogen-bond acceptors (Lipinski definition) is 0. The fraction of sp³-hybridized carbons (Fsp3) is 1.00. The van der Waals surface area contributed by atoms with Gasteiger partial charge in [0.25, 0.3) is 0 Å². The Hall–Kier alpha value is 0.217. The zero-order valence-corrected chi connectivity index (χ0v) is 7.28. The minimum absolute atomic E-state index is 1.08. The van der Waals surface area contributed by atoms with Crippen LogP contribution in [0.4, 0.5) is 0 Å². The summed E-state index contributed by atoms with van der Waals surface area (Å²) in [5.74, 6) is 1.08. The Labute approximate surface area is 48.7 Å². The molecule has 0 spiro atoms. The van der Waals surface area contributed by atoms with E-state index in [1.165, 1.54) is 29.5 Å². The van der Waals surface area contributed by atoms with E-state index in [4.69, 9.17) is 0 Å². The summed E-state index contributed by atoms with van der Waals surface area (Å²) in [6.07, 6.45) is 4.55. The van der Waals surface area contributed by atoms with E-state index < -0.39 is 0 Å². The Balaban J connectivity index is 2.33. The van der Waals surface area contributed by atoms with Gasteiger partial charge in [0.05, 0.1) is 0 Å². The number of rotatable bonds is 0. The minimum Gasteiger partial charge on any atom is -0.0625 e. The average molecular weight is 114 g/mol. The fourth-order valence-corrected chi connectivity index (χ4v) is 2.07. The molecule has 0 aromatic heterocycles. The van der Waals surface area contributed by atoms with Gasteiger partial charge < -0.3 is 0 Å². The van der Waals surface area contributed by atoms with Crippen LogP contribution in [0, 0.1) is 5.92 Å². The van der Waals surface area contributed by atoms with E-state index in [2.05, 4.69) is 6.92 Å². The Morgan fingerprint density at radius 3 is 2.29 bits per heavy atom. The molecule has 2 atom stereocenters. The van der Waals surface area contributed by atoms with Gasteiger partial charge in [-0.2, -0.15) is 0 Å². The van der Waals surface area contributed by atoms with Crippen molar-refractivity contribution in [1.82, 2.24) is 0 Å². The molecule has 0 amide bonds. The molecule has 1 heteroatoms. The zero-order chi connectivity index (χ0) is 5.28. The molecule has 0 bridgehead atoms. The van der Waals surface area contributed by atoms with Gasteiger partial charge in [0.2, 0.25) is 0 Å². The highest BCUT2D eigenvalue weighted by molar-refractivity contribution is 6.11. The van der Waals surface area contributed by atoms with Gasteiger partial charge in [-0.05, 0) is 5.92 Å². The molecular weight excluding hydrogens is 100 g/mol. The molecule has 0 nitrogen and oxygen atoms in total. The Morgan fingerprint density at radius 2 is 2.14 bits per heavy atom. The predicted octanol–water partition coefficient (Wildman–Crippen LogP) is 0.960. The first-order chi connectivity index (χ1) is 3.30. The van der Waals surface area contributed by atoms with Gasteiger partial charge in [-0.15, -0.1) is 0 Å². The van der Waals surface area contributed by atoms with Crippen LogP contribution < -0.4 is 0 Å². The molecule has 1 aliphatic rings. The SMILES string of the molecule is C[C@H]1CCC[C@@H]1[SiH3]. The molecule has 1 rings (SSSR count). The zero-order valence-electron chi connectivity index (χ0n) is 5.28. The maximum absolute atomic E-state index is 2.39. The Morgan fingerprint density at radius 1 is 1.43 bits per heavy atom. The van der Waals surface area contributed by atoms with Gasteiger partial charge in [0.15, 0.2) is 0 Å². The van der Waals surface area contributed by atoms with Crippen LogP contribution in [0.25, 0.3) is 0 Å². The fourth-order valence-electron chi connectivity index (χ4n) is 1.33. The van der Waals surface area contributed by atoms with Gasteiger partial charge in [0.1, 0.15) is 0 Å². The summed E-state index contributed by atoms with van der Waals surface area (Å²) < 4.78 is 0. The second kappa shape index (κ2) is 1.99. The van der Waals surface area contributed by atoms with Crippen molar-refractivity contribution in [3.8, 4) is 0 Å². The molecule has 0 aromatic rings. The van der Waals surface area contributed by atoms with Crippen molar-refractivity contribution in [2.75, 3.05) is 0 Å². The van der Waals surface area contributed by atoms with Crippen molar-refractivity contribution in [3.63, 3.8) is 0 Å². The van der Waals surface area contributed by atoms with Crippen LogP contribution in [0.2, 0.25) is 5.54 Å². The van der Waals surface area contributed by atoms with Crippen molar-refractivity contribution in [2.24, 2.45) is 5.92 Å². The molecule has 0 unspecified atom stereocenters. The molecular formula is C6H14Si. The van der Waals surface area contributed by atoms with Crippen molar-refractivity contribution in [3.05, 3.63) is 0 Å². The van der Waals surface area contributed by atoms with Crippen LogP contribution in [-0.2, 0) is 0 Å². The maximum Gasteiger partial charge on any atom is 0.00706 e. The highest BCUT2D eigenvalue weighted by Gasteiger charge is 2.17. The average Bonchev–Trinajstić information content (AvgIpc) is 1.91. The summed E-state index contributed by atoms with van der Waals surface area (Å²) in [5.41, 5.74) is 1.15. The summed E-state index contributed by atoms with van der Waals surface area (Å²) in [7, 11) is 1.44. The lowest BCUT2D eigenvalue weighted by atomic mass is 10.1. The van der Waals surface area contributed by atoms with E-state index in [-0.39, 0.29) is 0 Å². The van der Waals surface area contributed by atoms with Crippen molar-refractivity contribution < 1.29 is 0 Å². The maximum atomic E-state index is 2.39. The van der Waals surface area contributed by atoms with E-state index >= 15 is 0 Å². The first kappa shape index (κ1) is 5.36. The van der Waals surface area contributed by atoms with Crippen LogP contribution in [0.5, 0.6) is 0 Å². The summed E-state index contributed by atoms with van der Waals surface area (Å²) in [6.45, 7) is 2.39. The lowest BCUT2D eigenvalue weighted by Crippen LogP contribution is -1.93. The second-order valence-corrected chi connectivity index (χ2v) is 4.37. The van der Waals surface area contributed by atoms with Gasteiger partial charge in [-0.3, -0.25) is 0 Å². The molecule has 0 saturated heterocycles. The third-order valence-corrected chi connectivity index (χ3v) is 4.01. The molecule has 7 heavy (non-hydrogen) atoms. The molecule has 0 aromatic carbocycles. The quantitative estimate of drug-likeness (QED) is 0.411. The first-order valence-electron chi connectivity index (χ1n) is 3.30. The lowest BCUT2D eigenvalue weighted by Gasteiger charge is -2.04. The van der Waals surface area contributed by atoms with Crippen molar-refractivity contribution in [1.29, 1.82) is 0 Å². The lowest BCUT2D eigenvalue weighted by molar-refractivity contribution is 0.611. The third kappa shape index (κ3) is 1.06. The Kier molecular flexibility index (Phi) is 1.52. The van der Waals surface area contributed by atoms with Gasteiger partial charge >= 0.3 is 0 Å². The predicted molar refractivity (Wildman–Crippen MR) is 36.7 cm³/mol. The van der Waals surface area contributed by atoms with Gasteiger partial charge in [-0.25, -0.2) is 0 Å². The van der Waals surface area contributed by atoms with Crippen LogP contribution in [0.15, 0.2) is 0 Å². The van der Waals surface area contributed by atoms with E-state index in [0.717, 1.165) is 11.5 Å². The first-order valence-corrected chi connectivity index (χ1v) is 4.46. The van der Waals surface area contributed by atoms with Crippen molar-refractivity contribution in [2.45, 2.75) is 31.7 Å². The number of hydrogen-bond donors (Lipinski definition) is 0. The van der Waals surface area contributed by atoms with Gasteiger partial charge in [0, 0.05) is 10.2 Å². The standard InChI is InChI=1S/C6H14Si/c1-5-3-2-4-6(5)7/h5-6H,2-4H2,1,7H3/t5-,6-/m0/s1. The van der Waals surface area contributed by atoms with Crippen LogP contribution in [-0.4, -0.2) is 10.2 Å². The summed E-state index contributed by atoms with van der Waals surface area (Å²) >= 11 is 0. The molecule has 1 aliphatic carbocycles. The smallest absolute Gasteiger partial charge is 0.00706 e. The Bertz CT molecular complexity index is 53.2. The normalized spacial score (nSPS) is 42.4. The molecule has 0 radical (unpaired) electrons. The summed E-state index contributed by atoms with van der Waals surface area (Å²) in [5, 5.41) is 0. The van der Waals surface area contributed by atoms with E-state index in [0.29, 0.717) is 0 Å². The van der Waals surface area contributed by atoms with E-state index in [1.54, 1.807) is 0 Å². The van der Waals surface area contributed by atoms with Crippen molar-refractivity contribution >= 4 is 10.2 Å². The molecule has 0 aliphatic heterocycles. The topological polar surface area (TPSA) is 0 Å². The molecule has 42 valence electrons. The summed E-state index contributed by atoms with van der Waals surface area (Å²) in [6, 6.07) is 0. The molecule has 1 saturated carbocycles. The second-order valence-electron chi connectivity index (χ2n) is 2.89. The van der Waals surface area contributed by atoms with Gasteiger partial charge in [-0.1, -0.05) is 31.7 Å². The van der Waals surface area contributed by atoms with Crippen LogP contribution in [0.1, 0.15) is 26.2 Å². The summed E-state index contributed by atoms with van der Waals surface area (Å²) in [4.78, 5) is 0. The molecule has 0 heterocycles.